The van der Waals surface area contributed by atoms with Gasteiger partial charge in [0, 0.05) is 17.8 Å². The highest BCUT2D eigenvalue weighted by atomic mass is 16.7. The van der Waals surface area contributed by atoms with E-state index in [1.807, 2.05) is 64.2 Å². The molecule has 0 amide bonds. The standard InChI is InChI=1S/C18H22BNO3/c1-17(2)18(3,4)23-19(22-17)15(12-21)10-14-7-5-6-13-8-9-20-11-16(13)14/h5-11,21H,12H2,1-4H3. The molecular formula is C18H22BNO3. The molecule has 0 bridgehead atoms. The average Bonchev–Trinajstić information content (AvgIpc) is 2.73. The van der Waals surface area contributed by atoms with E-state index in [4.69, 9.17) is 9.31 Å². The van der Waals surface area contributed by atoms with Gasteiger partial charge in [0.2, 0.25) is 0 Å². The summed E-state index contributed by atoms with van der Waals surface area (Å²) >= 11 is 0. The Morgan fingerprint density at radius 2 is 1.87 bits per heavy atom. The highest BCUT2D eigenvalue weighted by Crippen LogP contribution is 2.38. The number of aliphatic hydroxyl groups is 1. The molecule has 1 aromatic heterocycles. The predicted octanol–water partition coefficient (Wildman–Crippen LogP) is 3.24. The maximum absolute atomic E-state index is 9.82. The van der Waals surface area contributed by atoms with Gasteiger partial charge >= 0.3 is 7.12 Å². The lowest BCUT2D eigenvalue weighted by molar-refractivity contribution is 0.00578. The van der Waals surface area contributed by atoms with E-state index in [-0.39, 0.29) is 6.61 Å². The number of hydrogen-bond acceptors (Lipinski definition) is 4. The lowest BCUT2D eigenvalue weighted by Gasteiger charge is -2.32. The van der Waals surface area contributed by atoms with E-state index >= 15 is 0 Å². The monoisotopic (exact) mass is 311 g/mol. The van der Waals surface area contributed by atoms with Crippen molar-refractivity contribution in [1.82, 2.24) is 4.98 Å². The summed E-state index contributed by atoms with van der Waals surface area (Å²) < 4.78 is 12.1. The first kappa shape index (κ1) is 16.2. The Hall–Kier alpha value is -1.69. The molecule has 3 rings (SSSR count). The third-order valence-corrected chi connectivity index (χ3v) is 4.80. The molecule has 1 saturated heterocycles. The van der Waals surface area contributed by atoms with Crippen molar-refractivity contribution in [3.8, 4) is 0 Å². The first-order valence-corrected chi connectivity index (χ1v) is 7.84. The molecule has 0 atom stereocenters. The topological polar surface area (TPSA) is 51.6 Å². The molecule has 1 N–H and O–H groups in total. The number of pyridine rings is 1. The fraction of sp³-hybridized carbons (Fsp3) is 0.389. The van der Waals surface area contributed by atoms with Gasteiger partial charge in [-0.1, -0.05) is 24.3 Å². The first-order valence-electron chi connectivity index (χ1n) is 7.84. The second-order valence-electron chi connectivity index (χ2n) is 6.91. The molecule has 23 heavy (non-hydrogen) atoms. The zero-order valence-corrected chi connectivity index (χ0v) is 14.0. The highest BCUT2D eigenvalue weighted by Gasteiger charge is 2.52. The van der Waals surface area contributed by atoms with Crippen molar-refractivity contribution in [2.24, 2.45) is 0 Å². The van der Waals surface area contributed by atoms with Crippen molar-refractivity contribution in [3.05, 3.63) is 47.7 Å². The molecule has 1 aliphatic rings. The van der Waals surface area contributed by atoms with E-state index in [9.17, 15) is 5.11 Å². The van der Waals surface area contributed by atoms with Crippen LogP contribution in [0.1, 0.15) is 33.3 Å². The highest BCUT2D eigenvalue weighted by molar-refractivity contribution is 6.55. The molecule has 1 aliphatic heterocycles. The Labute approximate surface area is 137 Å². The summed E-state index contributed by atoms with van der Waals surface area (Å²) in [6.07, 6.45) is 5.55. The molecule has 5 heteroatoms. The summed E-state index contributed by atoms with van der Waals surface area (Å²) in [7, 11) is -0.545. The van der Waals surface area contributed by atoms with E-state index in [0.717, 1.165) is 16.3 Å². The van der Waals surface area contributed by atoms with Crippen LogP contribution in [0.5, 0.6) is 0 Å². The van der Waals surface area contributed by atoms with Gasteiger partial charge in [0.15, 0.2) is 0 Å². The Bertz CT molecular complexity index is 734. The second-order valence-corrected chi connectivity index (χ2v) is 6.91. The van der Waals surface area contributed by atoms with Crippen LogP contribution in [0.4, 0.5) is 0 Å². The molecule has 120 valence electrons. The van der Waals surface area contributed by atoms with E-state index in [1.54, 1.807) is 6.20 Å². The molecule has 0 radical (unpaired) electrons. The van der Waals surface area contributed by atoms with Gasteiger partial charge in [0.25, 0.3) is 0 Å². The van der Waals surface area contributed by atoms with Gasteiger partial charge < -0.3 is 14.4 Å². The van der Waals surface area contributed by atoms with Gasteiger partial charge in [-0.2, -0.15) is 0 Å². The Morgan fingerprint density at radius 3 is 2.52 bits per heavy atom. The van der Waals surface area contributed by atoms with Crippen LogP contribution >= 0.6 is 0 Å². The Morgan fingerprint density at radius 1 is 1.17 bits per heavy atom. The number of aromatic nitrogens is 1. The number of hydrogen-bond donors (Lipinski definition) is 1. The molecule has 2 aromatic rings. The van der Waals surface area contributed by atoms with Gasteiger partial charge in [-0.05, 0) is 50.2 Å². The fourth-order valence-electron chi connectivity index (χ4n) is 2.65. The van der Waals surface area contributed by atoms with Crippen LogP contribution < -0.4 is 0 Å². The maximum Gasteiger partial charge on any atom is 0.492 e. The van der Waals surface area contributed by atoms with Crippen molar-refractivity contribution < 1.29 is 14.4 Å². The van der Waals surface area contributed by atoms with Crippen molar-refractivity contribution in [2.45, 2.75) is 38.9 Å². The molecule has 0 spiro atoms. The summed E-state index contributed by atoms with van der Waals surface area (Å²) in [5.41, 5.74) is 0.854. The SMILES string of the molecule is CC1(C)OB(C(=Cc2cccc3ccncc23)CO)OC1(C)C. The van der Waals surface area contributed by atoms with Crippen LogP contribution in [0.2, 0.25) is 0 Å². The van der Waals surface area contributed by atoms with E-state index in [1.165, 1.54) is 0 Å². The molecule has 0 unspecified atom stereocenters. The smallest absolute Gasteiger partial charge is 0.400 e. The van der Waals surface area contributed by atoms with Crippen molar-refractivity contribution in [2.75, 3.05) is 6.61 Å². The van der Waals surface area contributed by atoms with Gasteiger partial charge in [-0.15, -0.1) is 0 Å². The zero-order valence-electron chi connectivity index (χ0n) is 14.0. The minimum absolute atomic E-state index is 0.118. The van der Waals surface area contributed by atoms with Crippen LogP contribution in [0.3, 0.4) is 0 Å². The normalized spacial score (nSPS) is 20.2. The number of fused-ring (bicyclic) bond motifs is 1. The fourth-order valence-corrected chi connectivity index (χ4v) is 2.65. The molecule has 1 aromatic carbocycles. The van der Waals surface area contributed by atoms with E-state index < -0.39 is 18.3 Å². The molecular weight excluding hydrogens is 289 g/mol. The lowest BCUT2D eigenvalue weighted by Crippen LogP contribution is -2.41. The Balaban J connectivity index is 1.99. The van der Waals surface area contributed by atoms with Crippen LogP contribution in [0.15, 0.2) is 42.1 Å². The first-order chi connectivity index (χ1) is 10.8. The van der Waals surface area contributed by atoms with Crippen LogP contribution in [0, 0.1) is 0 Å². The van der Waals surface area contributed by atoms with Crippen LogP contribution in [-0.4, -0.2) is 35.0 Å². The zero-order chi connectivity index (χ0) is 16.7. The maximum atomic E-state index is 9.82. The molecule has 0 saturated carbocycles. The summed E-state index contributed by atoms with van der Waals surface area (Å²) in [6, 6.07) is 8.01. The Kier molecular flexibility index (Phi) is 4.04. The molecule has 0 aliphatic carbocycles. The number of aliphatic hydroxyl groups excluding tert-OH is 1. The largest absolute Gasteiger partial charge is 0.492 e. The van der Waals surface area contributed by atoms with Crippen molar-refractivity contribution in [3.63, 3.8) is 0 Å². The van der Waals surface area contributed by atoms with E-state index in [2.05, 4.69) is 4.98 Å². The van der Waals surface area contributed by atoms with Gasteiger partial charge in [-0.25, -0.2) is 0 Å². The molecule has 2 heterocycles. The van der Waals surface area contributed by atoms with Crippen molar-refractivity contribution >= 4 is 24.0 Å². The molecule has 1 fully saturated rings. The van der Waals surface area contributed by atoms with Crippen molar-refractivity contribution in [1.29, 1.82) is 0 Å². The number of nitrogens with zero attached hydrogens (tertiary/aromatic N) is 1. The van der Waals surface area contributed by atoms with Gasteiger partial charge in [0.1, 0.15) is 0 Å². The van der Waals surface area contributed by atoms with Gasteiger partial charge in [0.05, 0.1) is 17.8 Å². The number of benzene rings is 1. The van der Waals surface area contributed by atoms with E-state index in [0.29, 0.717) is 5.47 Å². The third-order valence-electron chi connectivity index (χ3n) is 4.80. The summed E-state index contributed by atoms with van der Waals surface area (Å²) in [5.74, 6) is 0. The minimum atomic E-state index is -0.545. The molecule has 4 nitrogen and oxygen atoms in total. The summed E-state index contributed by atoms with van der Waals surface area (Å²) in [6.45, 7) is 7.90. The van der Waals surface area contributed by atoms with Gasteiger partial charge in [-0.3, -0.25) is 4.98 Å². The summed E-state index contributed by atoms with van der Waals surface area (Å²) in [5, 5.41) is 12.0. The predicted molar refractivity (Wildman–Crippen MR) is 92.9 cm³/mol. The minimum Gasteiger partial charge on any atom is -0.400 e. The van der Waals surface area contributed by atoms with Crippen LogP contribution in [-0.2, 0) is 9.31 Å². The third kappa shape index (κ3) is 2.92. The summed E-state index contributed by atoms with van der Waals surface area (Å²) in [4.78, 5) is 4.20. The average molecular weight is 311 g/mol. The quantitative estimate of drug-likeness (QED) is 0.884. The second kappa shape index (κ2) is 5.75. The number of rotatable bonds is 3. The lowest BCUT2D eigenvalue weighted by atomic mass is 9.77. The van der Waals surface area contributed by atoms with Crippen LogP contribution in [0.25, 0.3) is 16.8 Å².